The number of halogens is 1. The predicted octanol–water partition coefficient (Wildman–Crippen LogP) is 2.20. The normalized spacial score (nSPS) is 16.4. The molecule has 1 fully saturated rings. The molecule has 0 saturated carbocycles. The van der Waals surface area contributed by atoms with Crippen LogP contribution >= 0.6 is 11.6 Å². The van der Waals surface area contributed by atoms with Gasteiger partial charge in [0.1, 0.15) is 6.33 Å². The Morgan fingerprint density at radius 1 is 1.10 bits per heavy atom. The van der Waals surface area contributed by atoms with E-state index in [1.807, 2.05) is 0 Å². The summed E-state index contributed by atoms with van der Waals surface area (Å²) in [6.45, 7) is 0.947. The van der Waals surface area contributed by atoms with Crippen molar-refractivity contribution in [3.05, 3.63) is 59.6 Å². The number of piperidine rings is 1. The predicted molar refractivity (Wildman–Crippen MR) is 106 cm³/mol. The highest BCUT2D eigenvalue weighted by Gasteiger charge is 2.29. The zero-order valence-corrected chi connectivity index (χ0v) is 16.2. The van der Waals surface area contributed by atoms with Gasteiger partial charge in [-0.05, 0) is 43.2 Å². The first kappa shape index (κ1) is 19.0. The number of rotatable bonds is 4. The highest BCUT2D eigenvalue weighted by Crippen LogP contribution is 2.21. The lowest BCUT2D eigenvalue weighted by Crippen LogP contribution is -2.44. The third-order valence-electron chi connectivity index (χ3n) is 4.69. The summed E-state index contributed by atoms with van der Waals surface area (Å²) < 4.78 is 1.36. The lowest BCUT2D eigenvalue weighted by atomic mass is 9.96. The molecule has 1 unspecified atom stereocenters. The van der Waals surface area contributed by atoms with Crippen LogP contribution in [0.2, 0.25) is 5.02 Å². The SMILES string of the molecule is O=C(Nc1ncnn1-c1ncccn1)C1CCCN(C(=O)c2ccc(Cl)cc2)C1. The van der Waals surface area contributed by atoms with Gasteiger partial charge in [-0.1, -0.05) is 11.6 Å². The van der Waals surface area contributed by atoms with Crippen molar-refractivity contribution < 1.29 is 9.59 Å². The summed E-state index contributed by atoms with van der Waals surface area (Å²) in [5.74, 6) is -0.128. The smallest absolute Gasteiger partial charge is 0.253 e. The lowest BCUT2D eigenvalue weighted by Gasteiger charge is -2.32. The molecule has 1 N–H and O–H groups in total. The number of amides is 2. The highest BCUT2D eigenvalue weighted by molar-refractivity contribution is 6.30. The van der Waals surface area contributed by atoms with Crippen LogP contribution in [0.15, 0.2) is 49.1 Å². The average molecular weight is 412 g/mol. The molecule has 0 bridgehead atoms. The molecule has 1 aliphatic heterocycles. The molecule has 0 spiro atoms. The summed E-state index contributed by atoms with van der Waals surface area (Å²) in [7, 11) is 0. The van der Waals surface area contributed by atoms with E-state index in [1.165, 1.54) is 11.0 Å². The van der Waals surface area contributed by atoms with Crippen molar-refractivity contribution in [3.8, 4) is 5.95 Å². The Morgan fingerprint density at radius 2 is 1.86 bits per heavy atom. The Morgan fingerprint density at radius 3 is 2.62 bits per heavy atom. The number of anilines is 1. The Kier molecular flexibility index (Phi) is 5.48. The fourth-order valence-corrected chi connectivity index (χ4v) is 3.36. The number of benzene rings is 1. The maximum atomic E-state index is 12.8. The van der Waals surface area contributed by atoms with Crippen molar-refractivity contribution in [2.24, 2.45) is 5.92 Å². The van der Waals surface area contributed by atoms with Crippen LogP contribution in [0.1, 0.15) is 23.2 Å². The van der Waals surface area contributed by atoms with E-state index in [2.05, 4.69) is 25.4 Å². The molecule has 29 heavy (non-hydrogen) atoms. The van der Waals surface area contributed by atoms with Gasteiger partial charge in [0.25, 0.3) is 11.9 Å². The Bertz CT molecular complexity index is 1010. The third-order valence-corrected chi connectivity index (χ3v) is 4.95. The molecule has 4 rings (SSSR count). The standard InChI is InChI=1S/C19H18ClN7O2/c20-15-6-4-13(5-7-15)17(29)26-10-1-3-14(11-26)16(28)25-19-23-12-24-27(19)18-21-8-2-9-22-18/h2,4-9,12,14H,1,3,10-11H2,(H,23,24,25,28). The average Bonchev–Trinajstić information content (AvgIpc) is 3.22. The second kappa shape index (κ2) is 8.36. The van der Waals surface area contributed by atoms with Gasteiger partial charge in [0, 0.05) is 36.1 Å². The molecule has 2 amide bonds. The molecular formula is C19H18ClN7O2. The van der Waals surface area contributed by atoms with Gasteiger partial charge in [-0.3, -0.25) is 14.9 Å². The van der Waals surface area contributed by atoms with Gasteiger partial charge in [0.15, 0.2) is 0 Å². The number of hydrogen-bond acceptors (Lipinski definition) is 6. The largest absolute Gasteiger partial charge is 0.338 e. The first-order valence-corrected chi connectivity index (χ1v) is 9.53. The van der Waals surface area contributed by atoms with Gasteiger partial charge >= 0.3 is 0 Å². The van der Waals surface area contributed by atoms with Gasteiger partial charge < -0.3 is 4.90 Å². The summed E-state index contributed by atoms with van der Waals surface area (Å²) in [5.41, 5.74) is 0.552. The molecule has 10 heteroatoms. The zero-order valence-electron chi connectivity index (χ0n) is 15.4. The molecular weight excluding hydrogens is 394 g/mol. The molecule has 0 aliphatic carbocycles. The summed E-state index contributed by atoms with van der Waals surface area (Å²) in [6.07, 6.45) is 5.91. The van der Waals surface area contributed by atoms with Crippen molar-refractivity contribution in [2.45, 2.75) is 12.8 Å². The van der Waals surface area contributed by atoms with E-state index in [0.29, 0.717) is 36.0 Å². The van der Waals surface area contributed by atoms with Gasteiger partial charge in [-0.25, -0.2) is 9.97 Å². The number of aromatic nitrogens is 5. The number of nitrogens with one attached hydrogen (secondary N) is 1. The maximum absolute atomic E-state index is 12.8. The van der Waals surface area contributed by atoms with Gasteiger partial charge in [0.2, 0.25) is 11.9 Å². The van der Waals surface area contributed by atoms with Crippen molar-refractivity contribution >= 4 is 29.4 Å². The quantitative estimate of drug-likeness (QED) is 0.705. The minimum atomic E-state index is -0.346. The van der Waals surface area contributed by atoms with E-state index >= 15 is 0 Å². The number of carbonyl (C=O) groups is 2. The van der Waals surface area contributed by atoms with E-state index in [4.69, 9.17) is 11.6 Å². The summed E-state index contributed by atoms with van der Waals surface area (Å²) >= 11 is 5.89. The Hall–Kier alpha value is -3.33. The summed E-state index contributed by atoms with van der Waals surface area (Å²) in [6, 6.07) is 8.43. The molecule has 1 atom stereocenters. The van der Waals surface area contributed by atoms with E-state index in [9.17, 15) is 9.59 Å². The van der Waals surface area contributed by atoms with Crippen LogP contribution in [-0.4, -0.2) is 54.5 Å². The maximum Gasteiger partial charge on any atom is 0.253 e. The first-order valence-electron chi connectivity index (χ1n) is 9.15. The summed E-state index contributed by atoms with van der Waals surface area (Å²) in [5, 5.41) is 7.42. The molecule has 1 aliphatic rings. The van der Waals surface area contributed by atoms with E-state index in [1.54, 1.807) is 47.6 Å². The molecule has 0 radical (unpaired) electrons. The van der Waals surface area contributed by atoms with E-state index < -0.39 is 0 Å². The molecule has 2 aromatic heterocycles. The van der Waals surface area contributed by atoms with Crippen molar-refractivity contribution in [1.29, 1.82) is 0 Å². The highest BCUT2D eigenvalue weighted by atomic mass is 35.5. The molecule has 1 saturated heterocycles. The van der Waals surface area contributed by atoms with Crippen LogP contribution in [-0.2, 0) is 4.79 Å². The van der Waals surface area contributed by atoms with Crippen molar-refractivity contribution in [1.82, 2.24) is 29.6 Å². The monoisotopic (exact) mass is 411 g/mol. The third kappa shape index (κ3) is 4.24. The van der Waals surface area contributed by atoms with Crippen molar-refractivity contribution in [2.75, 3.05) is 18.4 Å². The zero-order chi connectivity index (χ0) is 20.2. The van der Waals surface area contributed by atoms with Crippen LogP contribution < -0.4 is 5.32 Å². The second-order valence-corrected chi connectivity index (χ2v) is 7.07. The van der Waals surface area contributed by atoms with Gasteiger partial charge in [-0.15, -0.1) is 0 Å². The molecule has 9 nitrogen and oxygen atoms in total. The van der Waals surface area contributed by atoms with Crippen LogP contribution in [0.4, 0.5) is 5.95 Å². The van der Waals surface area contributed by atoms with Gasteiger partial charge in [-0.2, -0.15) is 14.8 Å². The van der Waals surface area contributed by atoms with Crippen molar-refractivity contribution in [3.63, 3.8) is 0 Å². The number of likely N-dealkylation sites (tertiary alicyclic amines) is 1. The molecule has 148 valence electrons. The Labute approximate surface area is 171 Å². The fraction of sp³-hybridized carbons (Fsp3) is 0.263. The minimum Gasteiger partial charge on any atom is -0.338 e. The second-order valence-electron chi connectivity index (χ2n) is 6.63. The number of hydrogen-bond donors (Lipinski definition) is 1. The number of nitrogens with zero attached hydrogens (tertiary/aromatic N) is 6. The molecule has 1 aromatic carbocycles. The minimum absolute atomic E-state index is 0.111. The van der Waals surface area contributed by atoms with Gasteiger partial charge in [0.05, 0.1) is 5.92 Å². The van der Waals surface area contributed by atoms with Crippen LogP contribution in [0.5, 0.6) is 0 Å². The first-order chi connectivity index (χ1) is 14.1. The van der Waals surface area contributed by atoms with E-state index in [-0.39, 0.29) is 23.7 Å². The molecule has 3 heterocycles. The molecule has 3 aromatic rings. The topological polar surface area (TPSA) is 106 Å². The van der Waals surface area contributed by atoms with E-state index in [0.717, 1.165) is 6.42 Å². The summed E-state index contributed by atoms with van der Waals surface area (Å²) in [4.78, 5) is 39.6. The fourth-order valence-electron chi connectivity index (χ4n) is 3.24. The van der Waals surface area contributed by atoms with Crippen LogP contribution in [0.3, 0.4) is 0 Å². The van der Waals surface area contributed by atoms with Crippen LogP contribution in [0, 0.1) is 5.92 Å². The lowest BCUT2D eigenvalue weighted by molar-refractivity contribution is -0.121. The van der Waals surface area contributed by atoms with Crippen LogP contribution in [0.25, 0.3) is 5.95 Å². The Balaban J connectivity index is 1.44. The number of carbonyl (C=O) groups excluding carboxylic acids is 2.